The van der Waals surface area contributed by atoms with E-state index in [2.05, 4.69) is 62.3 Å². The molecule has 1 nitrogen and oxygen atoms in total. The van der Waals surface area contributed by atoms with Gasteiger partial charge in [-0.3, -0.25) is 0 Å². The van der Waals surface area contributed by atoms with E-state index < -0.39 is 0 Å². The van der Waals surface area contributed by atoms with Crippen molar-refractivity contribution >= 4 is 48.9 Å². The molecule has 1 aliphatic rings. The summed E-state index contributed by atoms with van der Waals surface area (Å²) in [6, 6.07) is 8.98. The van der Waals surface area contributed by atoms with E-state index in [1.54, 1.807) is 10.4 Å². The second-order valence-electron chi connectivity index (χ2n) is 5.29. The quantitative estimate of drug-likeness (QED) is 0.618. The van der Waals surface area contributed by atoms with E-state index in [1.807, 2.05) is 17.4 Å². The van der Waals surface area contributed by atoms with Crippen molar-refractivity contribution in [2.45, 2.75) is 38.6 Å². The molecule has 1 aliphatic carbocycles. The van der Waals surface area contributed by atoms with Crippen LogP contribution >= 0.6 is 43.2 Å². The molecule has 106 valence electrons. The number of aryl methyl sites for hydroxylation is 2. The van der Waals surface area contributed by atoms with Crippen LogP contribution in [0, 0.1) is 0 Å². The molecule has 2 aromatic rings. The zero-order valence-electron chi connectivity index (χ0n) is 11.4. The van der Waals surface area contributed by atoms with Gasteiger partial charge in [-0.2, -0.15) is 0 Å². The summed E-state index contributed by atoms with van der Waals surface area (Å²) < 4.78 is 2.20. The van der Waals surface area contributed by atoms with Crippen molar-refractivity contribution in [2.75, 3.05) is 5.32 Å². The Morgan fingerprint density at radius 3 is 2.75 bits per heavy atom. The molecule has 1 aromatic heterocycles. The number of anilines is 1. The van der Waals surface area contributed by atoms with Gasteiger partial charge in [0.15, 0.2) is 0 Å². The topological polar surface area (TPSA) is 12.0 Å². The third-order valence-corrected chi connectivity index (χ3v) is 6.35. The standard InChI is InChI=1S/C16H17Br2NS/c1-10(19-14-9-12(17)6-7-13(14)18)16-8-11-4-2-3-5-15(11)20-16/h6-10,19H,2-5H2,1H3. The first-order chi connectivity index (χ1) is 9.63. The summed E-state index contributed by atoms with van der Waals surface area (Å²) in [5, 5.41) is 3.61. The molecule has 1 N–H and O–H groups in total. The lowest BCUT2D eigenvalue weighted by atomic mass is 9.99. The van der Waals surface area contributed by atoms with Crippen LogP contribution in [0.5, 0.6) is 0 Å². The second kappa shape index (κ2) is 6.20. The van der Waals surface area contributed by atoms with Crippen molar-refractivity contribution in [1.29, 1.82) is 0 Å². The van der Waals surface area contributed by atoms with E-state index in [-0.39, 0.29) is 0 Å². The molecular formula is C16H17Br2NS. The van der Waals surface area contributed by atoms with Crippen LogP contribution in [0.2, 0.25) is 0 Å². The van der Waals surface area contributed by atoms with Crippen molar-refractivity contribution in [3.05, 3.63) is 48.5 Å². The highest BCUT2D eigenvalue weighted by Crippen LogP contribution is 2.35. The highest BCUT2D eigenvalue weighted by molar-refractivity contribution is 9.11. The number of halogens is 2. The summed E-state index contributed by atoms with van der Waals surface area (Å²) >= 11 is 9.12. The maximum Gasteiger partial charge on any atom is 0.0579 e. The van der Waals surface area contributed by atoms with Gasteiger partial charge in [0, 0.05) is 18.7 Å². The highest BCUT2D eigenvalue weighted by Gasteiger charge is 2.17. The summed E-state index contributed by atoms with van der Waals surface area (Å²) in [6.45, 7) is 2.24. The van der Waals surface area contributed by atoms with Crippen molar-refractivity contribution in [3.63, 3.8) is 0 Å². The SMILES string of the molecule is CC(Nc1cc(Br)ccc1Br)c1cc2c(s1)CCCC2. The molecule has 0 radical (unpaired) electrons. The lowest BCUT2D eigenvalue weighted by Crippen LogP contribution is -2.05. The van der Waals surface area contributed by atoms with Gasteiger partial charge in [0.2, 0.25) is 0 Å². The van der Waals surface area contributed by atoms with Gasteiger partial charge in [-0.15, -0.1) is 11.3 Å². The molecule has 3 rings (SSSR count). The fourth-order valence-corrected chi connectivity index (χ4v) is 4.62. The van der Waals surface area contributed by atoms with Gasteiger partial charge in [0.25, 0.3) is 0 Å². The minimum absolute atomic E-state index is 0.344. The number of thiophene rings is 1. The van der Waals surface area contributed by atoms with E-state index in [4.69, 9.17) is 0 Å². The van der Waals surface area contributed by atoms with Crippen LogP contribution in [0.25, 0.3) is 0 Å². The Balaban J connectivity index is 1.80. The minimum Gasteiger partial charge on any atom is -0.377 e. The average Bonchev–Trinajstić information content (AvgIpc) is 2.87. The Kier molecular flexibility index (Phi) is 4.53. The zero-order valence-corrected chi connectivity index (χ0v) is 15.4. The molecule has 1 atom stereocenters. The zero-order chi connectivity index (χ0) is 14.1. The van der Waals surface area contributed by atoms with E-state index in [0.717, 1.165) is 14.6 Å². The predicted octanol–water partition coefficient (Wildman–Crippen LogP) is 6.33. The Labute approximate surface area is 141 Å². The molecular weight excluding hydrogens is 398 g/mol. The van der Waals surface area contributed by atoms with Crippen molar-refractivity contribution in [1.82, 2.24) is 0 Å². The second-order valence-corrected chi connectivity index (χ2v) is 8.23. The molecule has 0 amide bonds. The van der Waals surface area contributed by atoms with E-state index in [9.17, 15) is 0 Å². The van der Waals surface area contributed by atoms with Crippen molar-refractivity contribution in [2.24, 2.45) is 0 Å². The first kappa shape index (κ1) is 14.6. The van der Waals surface area contributed by atoms with E-state index in [0.29, 0.717) is 6.04 Å². The van der Waals surface area contributed by atoms with Gasteiger partial charge in [-0.1, -0.05) is 15.9 Å². The molecule has 1 heterocycles. The molecule has 4 heteroatoms. The first-order valence-corrected chi connectivity index (χ1v) is 9.37. The summed E-state index contributed by atoms with van der Waals surface area (Å²) in [7, 11) is 0. The maximum absolute atomic E-state index is 3.61. The summed E-state index contributed by atoms with van der Waals surface area (Å²) in [6.07, 6.45) is 5.24. The summed E-state index contributed by atoms with van der Waals surface area (Å²) in [5.74, 6) is 0. The van der Waals surface area contributed by atoms with Gasteiger partial charge < -0.3 is 5.32 Å². The van der Waals surface area contributed by atoms with Gasteiger partial charge >= 0.3 is 0 Å². The molecule has 0 bridgehead atoms. The molecule has 20 heavy (non-hydrogen) atoms. The molecule has 0 saturated heterocycles. The van der Waals surface area contributed by atoms with Crippen LogP contribution in [0.3, 0.4) is 0 Å². The summed E-state index contributed by atoms with van der Waals surface area (Å²) in [5.41, 5.74) is 2.72. The highest BCUT2D eigenvalue weighted by atomic mass is 79.9. The normalized spacial score (nSPS) is 15.8. The summed E-state index contributed by atoms with van der Waals surface area (Å²) in [4.78, 5) is 3.05. The number of nitrogens with one attached hydrogen (secondary N) is 1. The van der Waals surface area contributed by atoms with Crippen LogP contribution in [-0.2, 0) is 12.8 Å². The molecule has 0 saturated carbocycles. The predicted molar refractivity (Wildman–Crippen MR) is 94.8 cm³/mol. The van der Waals surface area contributed by atoms with Crippen molar-refractivity contribution in [3.8, 4) is 0 Å². The van der Waals surface area contributed by atoms with Gasteiger partial charge in [0.1, 0.15) is 0 Å². The number of benzene rings is 1. The lowest BCUT2D eigenvalue weighted by Gasteiger charge is -2.15. The number of rotatable bonds is 3. The largest absolute Gasteiger partial charge is 0.377 e. The molecule has 1 aromatic carbocycles. The number of fused-ring (bicyclic) bond motifs is 1. The monoisotopic (exact) mass is 413 g/mol. The van der Waals surface area contributed by atoms with Crippen LogP contribution in [0.4, 0.5) is 5.69 Å². The number of hydrogen-bond donors (Lipinski definition) is 1. The molecule has 0 fully saturated rings. The Morgan fingerprint density at radius 1 is 1.15 bits per heavy atom. The Bertz CT molecular complexity index is 597. The maximum atomic E-state index is 3.61. The number of hydrogen-bond acceptors (Lipinski definition) is 2. The van der Waals surface area contributed by atoms with E-state index >= 15 is 0 Å². The van der Waals surface area contributed by atoms with Crippen LogP contribution in [-0.4, -0.2) is 0 Å². The van der Waals surface area contributed by atoms with Gasteiger partial charge in [-0.05, 0) is 78.4 Å². The Morgan fingerprint density at radius 2 is 1.95 bits per heavy atom. The van der Waals surface area contributed by atoms with Crippen LogP contribution in [0.1, 0.15) is 41.1 Å². The van der Waals surface area contributed by atoms with Crippen LogP contribution in [0.15, 0.2) is 33.2 Å². The average molecular weight is 415 g/mol. The molecule has 1 unspecified atom stereocenters. The third kappa shape index (κ3) is 3.12. The fraction of sp³-hybridized carbons (Fsp3) is 0.375. The third-order valence-electron chi connectivity index (χ3n) is 3.74. The lowest BCUT2D eigenvalue weighted by molar-refractivity contribution is 0.696. The molecule has 0 spiro atoms. The minimum atomic E-state index is 0.344. The smallest absolute Gasteiger partial charge is 0.0579 e. The van der Waals surface area contributed by atoms with Crippen molar-refractivity contribution < 1.29 is 0 Å². The van der Waals surface area contributed by atoms with Crippen LogP contribution < -0.4 is 5.32 Å². The first-order valence-electron chi connectivity index (χ1n) is 6.96. The van der Waals surface area contributed by atoms with E-state index in [1.165, 1.54) is 30.6 Å². The van der Waals surface area contributed by atoms with Gasteiger partial charge in [0.05, 0.1) is 11.7 Å². The molecule has 0 aliphatic heterocycles. The Hall–Kier alpha value is -0.320. The van der Waals surface area contributed by atoms with Gasteiger partial charge in [-0.25, -0.2) is 0 Å². The fourth-order valence-electron chi connectivity index (χ4n) is 2.64.